The van der Waals surface area contributed by atoms with Gasteiger partial charge in [-0.15, -0.1) is 0 Å². The van der Waals surface area contributed by atoms with E-state index in [-0.39, 0.29) is 0 Å². The fourth-order valence-corrected chi connectivity index (χ4v) is 2.72. The van der Waals surface area contributed by atoms with E-state index in [1.807, 2.05) is 55.5 Å². The standard InChI is InChI=1S/C19H15BrO3/c1-12-10-15(7-9-17(12)20)18(19(21)22)23-16-8-6-13-4-2-3-5-14(13)11-16/h2-11,18H,1H3,(H,21,22). The van der Waals surface area contributed by atoms with Crippen LogP contribution in [0, 0.1) is 6.92 Å². The van der Waals surface area contributed by atoms with Crippen molar-refractivity contribution in [1.82, 2.24) is 0 Å². The number of carboxylic acids is 1. The van der Waals surface area contributed by atoms with Gasteiger partial charge in [0.25, 0.3) is 0 Å². The second-order valence-corrected chi connectivity index (χ2v) is 6.21. The van der Waals surface area contributed by atoms with Crippen molar-refractivity contribution < 1.29 is 14.6 Å². The summed E-state index contributed by atoms with van der Waals surface area (Å²) in [5.41, 5.74) is 1.59. The monoisotopic (exact) mass is 370 g/mol. The molecule has 3 nitrogen and oxygen atoms in total. The molecule has 0 spiro atoms. The van der Waals surface area contributed by atoms with Crippen molar-refractivity contribution in [2.75, 3.05) is 0 Å². The summed E-state index contributed by atoms with van der Waals surface area (Å²) in [5, 5.41) is 11.6. The van der Waals surface area contributed by atoms with Crippen molar-refractivity contribution in [2.24, 2.45) is 0 Å². The Balaban J connectivity index is 1.94. The van der Waals surface area contributed by atoms with Crippen molar-refractivity contribution >= 4 is 32.7 Å². The van der Waals surface area contributed by atoms with Crippen molar-refractivity contribution in [3.8, 4) is 5.75 Å². The molecule has 0 saturated heterocycles. The lowest BCUT2D eigenvalue weighted by atomic mass is 10.1. The third kappa shape index (κ3) is 3.37. The Morgan fingerprint density at radius 2 is 1.78 bits per heavy atom. The minimum Gasteiger partial charge on any atom is -0.478 e. The van der Waals surface area contributed by atoms with E-state index in [9.17, 15) is 9.90 Å². The van der Waals surface area contributed by atoms with E-state index in [4.69, 9.17) is 4.74 Å². The van der Waals surface area contributed by atoms with Crippen molar-refractivity contribution in [3.63, 3.8) is 0 Å². The molecular weight excluding hydrogens is 356 g/mol. The van der Waals surface area contributed by atoms with Crippen LogP contribution in [0.25, 0.3) is 10.8 Å². The van der Waals surface area contributed by atoms with Gasteiger partial charge in [-0.2, -0.15) is 0 Å². The van der Waals surface area contributed by atoms with Gasteiger partial charge in [-0.05, 0) is 41.5 Å². The summed E-state index contributed by atoms with van der Waals surface area (Å²) in [4.78, 5) is 11.6. The second-order valence-electron chi connectivity index (χ2n) is 5.35. The van der Waals surface area contributed by atoms with Crippen molar-refractivity contribution in [2.45, 2.75) is 13.0 Å². The van der Waals surface area contributed by atoms with Gasteiger partial charge in [0.1, 0.15) is 5.75 Å². The molecule has 0 aliphatic rings. The zero-order valence-electron chi connectivity index (χ0n) is 12.5. The topological polar surface area (TPSA) is 46.5 Å². The van der Waals surface area contributed by atoms with Crippen LogP contribution < -0.4 is 4.74 Å². The van der Waals surface area contributed by atoms with E-state index in [0.717, 1.165) is 20.8 Å². The smallest absolute Gasteiger partial charge is 0.349 e. The van der Waals surface area contributed by atoms with Gasteiger partial charge in [0.2, 0.25) is 6.10 Å². The highest BCUT2D eigenvalue weighted by Gasteiger charge is 2.22. The average Bonchev–Trinajstić information content (AvgIpc) is 2.55. The maximum absolute atomic E-state index is 11.6. The molecule has 0 amide bonds. The normalized spacial score (nSPS) is 12.1. The lowest BCUT2D eigenvalue weighted by molar-refractivity contribution is -0.145. The first-order valence-corrected chi connectivity index (χ1v) is 7.98. The minimum absolute atomic E-state index is 0.539. The Kier molecular flexibility index (Phi) is 4.35. The fraction of sp³-hybridized carbons (Fsp3) is 0.105. The molecule has 0 heterocycles. The number of benzene rings is 3. The first kappa shape index (κ1) is 15.6. The maximum Gasteiger partial charge on any atom is 0.349 e. The maximum atomic E-state index is 11.6. The molecule has 0 bridgehead atoms. The van der Waals surface area contributed by atoms with Crippen LogP contribution in [-0.2, 0) is 4.79 Å². The van der Waals surface area contributed by atoms with E-state index < -0.39 is 12.1 Å². The molecule has 0 aliphatic heterocycles. The lowest BCUT2D eigenvalue weighted by Gasteiger charge is -2.17. The number of aliphatic carboxylic acids is 1. The van der Waals surface area contributed by atoms with E-state index >= 15 is 0 Å². The van der Waals surface area contributed by atoms with E-state index in [1.54, 1.807) is 12.1 Å². The molecular formula is C19H15BrO3. The van der Waals surface area contributed by atoms with Crippen LogP contribution in [0.15, 0.2) is 65.1 Å². The largest absolute Gasteiger partial charge is 0.478 e. The average molecular weight is 371 g/mol. The van der Waals surface area contributed by atoms with Crippen LogP contribution in [0.5, 0.6) is 5.75 Å². The number of carboxylic acid groups (broad SMARTS) is 1. The zero-order chi connectivity index (χ0) is 16.4. The Hall–Kier alpha value is -2.33. The number of fused-ring (bicyclic) bond motifs is 1. The molecule has 1 atom stereocenters. The van der Waals surface area contributed by atoms with Crippen LogP contribution in [-0.4, -0.2) is 11.1 Å². The van der Waals surface area contributed by atoms with Gasteiger partial charge in [-0.25, -0.2) is 4.79 Å². The third-order valence-electron chi connectivity index (χ3n) is 3.68. The predicted octanol–water partition coefficient (Wildman–Crippen LogP) is 5.12. The fourth-order valence-electron chi connectivity index (χ4n) is 2.47. The van der Waals surface area contributed by atoms with Gasteiger partial charge in [0, 0.05) is 10.0 Å². The number of hydrogen-bond acceptors (Lipinski definition) is 2. The van der Waals surface area contributed by atoms with Gasteiger partial charge in [-0.3, -0.25) is 0 Å². The molecule has 0 saturated carbocycles. The summed E-state index contributed by atoms with van der Waals surface area (Å²) >= 11 is 3.42. The summed E-state index contributed by atoms with van der Waals surface area (Å²) in [7, 11) is 0. The molecule has 4 heteroatoms. The van der Waals surface area contributed by atoms with E-state index in [2.05, 4.69) is 15.9 Å². The highest BCUT2D eigenvalue weighted by Crippen LogP contribution is 2.28. The molecule has 0 aliphatic carbocycles. The lowest BCUT2D eigenvalue weighted by Crippen LogP contribution is -2.18. The van der Waals surface area contributed by atoms with Crippen LogP contribution in [0.1, 0.15) is 17.2 Å². The molecule has 3 aromatic carbocycles. The SMILES string of the molecule is Cc1cc(C(Oc2ccc3ccccc3c2)C(=O)O)ccc1Br. The summed E-state index contributed by atoms with van der Waals surface area (Å²) in [6.45, 7) is 1.92. The number of ether oxygens (including phenoxy) is 1. The molecule has 1 N–H and O–H groups in total. The molecule has 0 radical (unpaired) electrons. The summed E-state index contributed by atoms with van der Waals surface area (Å²) in [6.07, 6.45) is -1.04. The highest BCUT2D eigenvalue weighted by molar-refractivity contribution is 9.10. The first-order chi connectivity index (χ1) is 11.0. The number of aryl methyl sites for hydroxylation is 1. The van der Waals surface area contributed by atoms with Crippen molar-refractivity contribution in [1.29, 1.82) is 0 Å². The molecule has 0 fully saturated rings. The van der Waals surface area contributed by atoms with E-state index in [0.29, 0.717) is 11.3 Å². The van der Waals surface area contributed by atoms with Gasteiger partial charge >= 0.3 is 5.97 Å². The molecule has 0 aromatic heterocycles. The second kappa shape index (κ2) is 6.42. The number of carbonyl (C=O) groups is 1. The van der Waals surface area contributed by atoms with Gasteiger partial charge in [0.15, 0.2) is 0 Å². The molecule has 1 unspecified atom stereocenters. The quantitative estimate of drug-likeness (QED) is 0.693. The van der Waals surface area contributed by atoms with Gasteiger partial charge in [-0.1, -0.05) is 58.4 Å². The van der Waals surface area contributed by atoms with Crippen LogP contribution in [0.2, 0.25) is 0 Å². The predicted molar refractivity (Wildman–Crippen MR) is 93.8 cm³/mol. The minimum atomic E-state index is -1.04. The molecule has 3 aromatic rings. The highest BCUT2D eigenvalue weighted by atomic mass is 79.9. The Morgan fingerprint density at radius 1 is 1.04 bits per heavy atom. The summed E-state index contributed by atoms with van der Waals surface area (Å²) in [5.74, 6) is -0.475. The van der Waals surface area contributed by atoms with Crippen LogP contribution in [0.4, 0.5) is 0 Å². The first-order valence-electron chi connectivity index (χ1n) is 7.19. The third-order valence-corrected chi connectivity index (χ3v) is 4.57. The van der Waals surface area contributed by atoms with Gasteiger partial charge in [0.05, 0.1) is 0 Å². The van der Waals surface area contributed by atoms with E-state index in [1.165, 1.54) is 0 Å². The zero-order valence-corrected chi connectivity index (χ0v) is 14.1. The van der Waals surface area contributed by atoms with Crippen LogP contribution in [0.3, 0.4) is 0 Å². The summed E-state index contributed by atoms with van der Waals surface area (Å²) < 4.78 is 6.69. The number of halogens is 1. The number of rotatable bonds is 4. The Bertz CT molecular complexity index is 873. The summed E-state index contributed by atoms with van der Waals surface area (Å²) in [6, 6.07) is 18.9. The molecule has 116 valence electrons. The van der Waals surface area contributed by atoms with Crippen molar-refractivity contribution in [3.05, 3.63) is 76.3 Å². The Morgan fingerprint density at radius 3 is 2.48 bits per heavy atom. The van der Waals surface area contributed by atoms with Gasteiger partial charge < -0.3 is 9.84 Å². The Labute approximate surface area is 142 Å². The molecule has 23 heavy (non-hydrogen) atoms. The molecule has 3 rings (SSSR count). The number of hydrogen-bond donors (Lipinski definition) is 1. The van der Waals surface area contributed by atoms with Crippen LogP contribution >= 0.6 is 15.9 Å².